The highest BCUT2D eigenvalue weighted by Crippen LogP contribution is 2.34. The summed E-state index contributed by atoms with van der Waals surface area (Å²) in [5, 5.41) is 11.8. The molecule has 0 fully saturated rings. The predicted molar refractivity (Wildman–Crippen MR) is 44.7 cm³/mol. The molecule has 3 nitrogen and oxygen atoms in total. The molecule has 2 N–H and O–H groups in total. The van der Waals surface area contributed by atoms with Gasteiger partial charge in [-0.05, 0) is 13.0 Å². The lowest BCUT2D eigenvalue weighted by Crippen LogP contribution is -2.10. The Morgan fingerprint density at radius 2 is 2.23 bits per heavy atom. The van der Waals surface area contributed by atoms with E-state index in [0.717, 1.165) is 0 Å². The Morgan fingerprint density at radius 3 is 2.92 bits per heavy atom. The van der Waals surface area contributed by atoms with Crippen molar-refractivity contribution in [2.24, 2.45) is 0 Å². The van der Waals surface area contributed by atoms with Gasteiger partial charge in [-0.3, -0.25) is 4.79 Å². The highest BCUT2D eigenvalue weighted by molar-refractivity contribution is 6.02. The van der Waals surface area contributed by atoms with Gasteiger partial charge in [0.15, 0.2) is 6.10 Å². The molecule has 1 unspecified atom stereocenters. The van der Waals surface area contributed by atoms with E-state index in [-0.39, 0.29) is 5.82 Å². The average Bonchev–Trinajstić information content (AvgIpc) is 2.38. The number of carbonyl (C=O) groups excluding carboxylic acids is 1. The van der Waals surface area contributed by atoms with E-state index < -0.39 is 12.0 Å². The van der Waals surface area contributed by atoms with Gasteiger partial charge >= 0.3 is 0 Å². The van der Waals surface area contributed by atoms with Crippen LogP contribution in [-0.4, -0.2) is 11.0 Å². The number of amides is 1. The highest BCUT2D eigenvalue weighted by atomic mass is 19.1. The molecule has 0 saturated carbocycles. The first-order chi connectivity index (χ1) is 6.11. The third-order valence-electron chi connectivity index (χ3n) is 2.22. The molecule has 4 heteroatoms. The number of hydrogen-bond donors (Lipinski definition) is 2. The molecular weight excluding hydrogens is 173 g/mol. The van der Waals surface area contributed by atoms with E-state index in [1.54, 1.807) is 6.92 Å². The highest BCUT2D eigenvalue weighted by Gasteiger charge is 2.30. The van der Waals surface area contributed by atoms with Crippen LogP contribution in [0.3, 0.4) is 0 Å². The van der Waals surface area contributed by atoms with E-state index in [2.05, 4.69) is 5.32 Å². The molecule has 13 heavy (non-hydrogen) atoms. The Labute approximate surface area is 74.2 Å². The number of benzene rings is 1. The van der Waals surface area contributed by atoms with Crippen LogP contribution in [0, 0.1) is 12.7 Å². The van der Waals surface area contributed by atoms with Crippen molar-refractivity contribution in [3.05, 3.63) is 29.1 Å². The molecule has 68 valence electrons. The second-order valence-electron chi connectivity index (χ2n) is 3.03. The second-order valence-corrected chi connectivity index (χ2v) is 3.03. The van der Waals surface area contributed by atoms with Crippen LogP contribution in [0.4, 0.5) is 10.1 Å². The van der Waals surface area contributed by atoms with E-state index >= 15 is 0 Å². The third kappa shape index (κ3) is 1.02. The fraction of sp³-hybridized carbons (Fsp3) is 0.222. The summed E-state index contributed by atoms with van der Waals surface area (Å²) in [6.45, 7) is 1.56. The number of rotatable bonds is 0. The van der Waals surface area contributed by atoms with Crippen molar-refractivity contribution in [2.45, 2.75) is 13.0 Å². The normalized spacial score (nSPS) is 19.9. The van der Waals surface area contributed by atoms with Gasteiger partial charge in [0.2, 0.25) is 0 Å². The molecule has 1 aliphatic rings. The monoisotopic (exact) mass is 181 g/mol. The van der Waals surface area contributed by atoms with Crippen molar-refractivity contribution in [3.8, 4) is 0 Å². The van der Waals surface area contributed by atoms with Gasteiger partial charge < -0.3 is 10.4 Å². The number of aliphatic hydroxyl groups is 1. The average molecular weight is 181 g/mol. The maximum Gasteiger partial charge on any atom is 0.257 e. The minimum absolute atomic E-state index is 0.363. The first-order valence-corrected chi connectivity index (χ1v) is 3.89. The van der Waals surface area contributed by atoms with Crippen LogP contribution in [0.5, 0.6) is 0 Å². The number of halogens is 1. The Morgan fingerprint density at radius 1 is 1.54 bits per heavy atom. The van der Waals surface area contributed by atoms with E-state index in [1.807, 2.05) is 0 Å². The van der Waals surface area contributed by atoms with Crippen LogP contribution >= 0.6 is 0 Å². The van der Waals surface area contributed by atoms with Gasteiger partial charge in [0.25, 0.3) is 5.91 Å². The molecule has 1 aliphatic heterocycles. The number of hydrogen-bond acceptors (Lipinski definition) is 2. The molecule has 1 atom stereocenters. The molecule has 0 aliphatic carbocycles. The lowest BCUT2D eigenvalue weighted by atomic mass is 10.1. The van der Waals surface area contributed by atoms with Gasteiger partial charge in [-0.2, -0.15) is 0 Å². The summed E-state index contributed by atoms with van der Waals surface area (Å²) in [6.07, 6.45) is -1.16. The maximum absolute atomic E-state index is 13.0. The van der Waals surface area contributed by atoms with Crippen molar-refractivity contribution in [2.75, 3.05) is 5.32 Å². The number of nitrogens with one attached hydrogen (secondary N) is 1. The van der Waals surface area contributed by atoms with Crippen molar-refractivity contribution in [3.63, 3.8) is 0 Å². The zero-order valence-corrected chi connectivity index (χ0v) is 6.97. The van der Waals surface area contributed by atoms with Crippen molar-refractivity contribution >= 4 is 11.6 Å². The first kappa shape index (κ1) is 8.19. The summed E-state index contributed by atoms with van der Waals surface area (Å²) in [6, 6.07) is 2.66. The Kier molecular flexibility index (Phi) is 1.60. The fourth-order valence-electron chi connectivity index (χ4n) is 1.43. The molecule has 0 radical (unpaired) electrons. The Balaban J connectivity index is 2.64. The van der Waals surface area contributed by atoms with Crippen LogP contribution < -0.4 is 5.32 Å². The van der Waals surface area contributed by atoms with Gasteiger partial charge in [-0.25, -0.2) is 4.39 Å². The second kappa shape index (κ2) is 2.53. The molecule has 1 aromatic rings. The molecular formula is C9H8FNO2. The van der Waals surface area contributed by atoms with Crippen molar-refractivity contribution < 1.29 is 14.3 Å². The lowest BCUT2D eigenvalue weighted by molar-refractivity contribution is -0.123. The van der Waals surface area contributed by atoms with Crippen LogP contribution in [0.1, 0.15) is 17.2 Å². The minimum Gasteiger partial charge on any atom is -0.378 e. The molecule has 1 aromatic carbocycles. The Hall–Kier alpha value is -1.42. The summed E-state index contributed by atoms with van der Waals surface area (Å²) >= 11 is 0. The van der Waals surface area contributed by atoms with Crippen molar-refractivity contribution in [1.29, 1.82) is 0 Å². The molecule has 1 heterocycles. The summed E-state index contributed by atoms with van der Waals surface area (Å²) in [7, 11) is 0. The van der Waals surface area contributed by atoms with Crippen LogP contribution in [0.25, 0.3) is 0 Å². The summed E-state index contributed by atoms with van der Waals surface area (Å²) in [5.41, 5.74) is 1.21. The molecule has 0 spiro atoms. The maximum atomic E-state index is 13.0. The zero-order valence-electron chi connectivity index (χ0n) is 6.97. The molecule has 0 aromatic heterocycles. The summed E-state index contributed by atoms with van der Waals surface area (Å²) in [4.78, 5) is 11.0. The van der Waals surface area contributed by atoms with E-state index in [9.17, 15) is 14.3 Å². The van der Waals surface area contributed by atoms with E-state index in [1.165, 1.54) is 12.1 Å². The smallest absolute Gasteiger partial charge is 0.257 e. The van der Waals surface area contributed by atoms with Gasteiger partial charge in [0.1, 0.15) is 5.82 Å². The topological polar surface area (TPSA) is 49.3 Å². The van der Waals surface area contributed by atoms with Gasteiger partial charge in [0, 0.05) is 11.1 Å². The van der Waals surface area contributed by atoms with E-state index in [4.69, 9.17) is 0 Å². The largest absolute Gasteiger partial charge is 0.378 e. The predicted octanol–water partition coefficient (Wildman–Crippen LogP) is 1.12. The third-order valence-corrected chi connectivity index (χ3v) is 2.22. The lowest BCUT2D eigenvalue weighted by Gasteiger charge is -2.03. The zero-order chi connectivity index (χ0) is 9.59. The Bertz CT molecular complexity index is 389. The molecule has 1 amide bonds. The summed E-state index contributed by atoms with van der Waals surface area (Å²) in [5.74, 6) is -0.878. The number of anilines is 1. The van der Waals surface area contributed by atoms with Gasteiger partial charge in [0.05, 0.1) is 5.69 Å². The minimum atomic E-state index is -1.16. The van der Waals surface area contributed by atoms with Gasteiger partial charge in [-0.15, -0.1) is 0 Å². The van der Waals surface area contributed by atoms with Crippen LogP contribution in [0.2, 0.25) is 0 Å². The SMILES string of the molecule is Cc1c(F)ccc2c1NC(=O)C2O. The number of aliphatic hydroxyl groups excluding tert-OH is 1. The number of carbonyl (C=O) groups is 1. The van der Waals surface area contributed by atoms with Crippen LogP contribution in [-0.2, 0) is 4.79 Å². The molecule has 2 rings (SSSR count). The van der Waals surface area contributed by atoms with Gasteiger partial charge in [-0.1, -0.05) is 6.07 Å². The standard InChI is InChI=1S/C9H8FNO2/c1-4-6(10)3-2-5-7(4)11-9(13)8(5)12/h2-3,8,12H,1H3,(H,11,13). The van der Waals surface area contributed by atoms with Crippen LogP contribution in [0.15, 0.2) is 12.1 Å². The number of fused-ring (bicyclic) bond motifs is 1. The molecule has 0 bridgehead atoms. The first-order valence-electron chi connectivity index (χ1n) is 3.89. The quantitative estimate of drug-likeness (QED) is 0.630. The van der Waals surface area contributed by atoms with Crippen molar-refractivity contribution in [1.82, 2.24) is 0 Å². The molecule has 0 saturated heterocycles. The van der Waals surface area contributed by atoms with E-state index in [0.29, 0.717) is 16.8 Å². The summed E-state index contributed by atoms with van der Waals surface area (Å²) < 4.78 is 13.0. The fourth-order valence-corrected chi connectivity index (χ4v) is 1.43.